The lowest BCUT2D eigenvalue weighted by molar-refractivity contribution is 0.174. The first-order valence-electron chi connectivity index (χ1n) is 9.53. The number of ether oxygens (including phenoxy) is 2. The molecule has 0 aliphatic carbocycles. The summed E-state index contributed by atoms with van der Waals surface area (Å²) in [7, 11) is 0. The highest BCUT2D eigenvalue weighted by atomic mass is 16.7. The van der Waals surface area contributed by atoms with Gasteiger partial charge in [0.2, 0.25) is 12.7 Å². The molecule has 8 nitrogen and oxygen atoms in total. The normalized spacial score (nSPS) is 12.3. The zero-order valence-electron chi connectivity index (χ0n) is 15.9. The summed E-state index contributed by atoms with van der Waals surface area (Å²) in [5.41, 5.74) is 2.52. The fraction of sp³-hybridized carbons (Fsp3) is 0.190. The van der Waals surface area contributed by atoms with Crippen molar-refractivity contribution in [1.82, 2.24) is 19.7 Å². The number of aromatic nitrogens is 4. The van der Waals surface area contributed by atoms with Crippen LogP contribution in [0.5, 0.6) is 11.5 Å². The number of anilines is 3. The van der Waals surface area contributed by atoms with Crippen molar-refractivity contribution in [3.63, 3.8) is 0 Å². The average Bonchev–Trinajstić information content (AvgIpc) is 3.39. The number of nitrogens with zero attached hydrogens (tertiary/aromatic N) is 4. The predicted molar refractivity (Wildman–Crippen MR) is 111 cm³/mol. The highest BCUT2D eigenvalue weighted by molar-refractivity contribution is 5.90. The van der Waals surface area contributed by atoms with Gasteiger partial charge in [-0.3, -0.25) is 0 Å². The fourth-order valence-corrected chi connectivity index (χ4v) is 3.19. The van der Waals surface area contributed by atoms with Gasteiger partial charge in [0.25, 0.3) is 0 Å². The van der Waals surface area contributed by atoms with E-state index in [4.69, 9.17) is 14.5 Å². The Bertz CT molecular complexity index is 1160. The summed E-state index contributed by atoms with van der Waals surface area (Å²) in [6.45, 7) is 3.13. The highest BCUT2D eigenvalue weighted by Crippen LogP contribution is 2.36. The third kappa shape index (κ3) is 3.29. The van der Waals surface area contributed by atoms with Crippen molar-refractivity contribution in [3.05, 3.63) is 54.7 Å². The van der Waals surface area contributed by atoms with E-state index in [2.05, 4.69) is 27.6 Å². The first kappa shape index (κ1) is 17.3. The van der Waals surface area contributed by atoms with E-state index in [1.54, 1.807) is 6.20 Å². The van der Waals surface area contributed by atoms with E-state index in [0.717, 1.165) is 41.1 Å². The molecule has 0 bridgehead atoms. The Morgan fingerprint density at radius 2 is 1.90 bits per heavy atom. The number of nitrogens with one attached hydrogen (secondary N) is 2. The van der Waals surface area contributed by atoms with Crippen molar-refractivity contribution in [2.45, 2.75) is 13.3 Å². The highest BCUT2D eigenvalue weighted by Gasteiger charge is 2.17. The van der Waals surface area contributed by atoms with Gasteiger partial charge in [-0.2, -0.15) is 15.1 Å². The second-order valence-electron chi connectivity index (χ2n) is 6.64. The summed E-state index contributed by atoms with van der Waals surface area (Å²) in [6, 6.07) is 15.6. The zero-order valence-corrected chi connectivity index (χ0v) is 15.9. The van der Waals surface area contributed by atoms with E-state index >= 15 is 0 Å². The van der Waals surface area contributed by atoms with Crippen LogP contribution in [0.3, 0.4) is 0 Å². The molecule has 29 heavy (non-hydrogen) atoms. The lowest BCUT2D eigenvalue weighted by atomic mass is 10.2. The van der Waals surface area contributed by atoms with Crippen LogP contribution in [0.25, 0.3) is 16.7 Å². The number of para-hydroxylation sites is 1. The molecule has 5 rings (SSSR count). The predicted octanol–water partition coefficient (Wildman–Crippen LogP) is 4.11. The number of benzene rings is 2. The molecule has 0 radical (unpaired) electrons. The maximum Gasteiger partial charge on any atom is 0.231 e. The van der Waals surface area contributed by atoms with Crippen LogP contribution in [0.15, 0.2) is 54.7 Å². The third-order valence-corrected chi connectivity index (χ3v) is 4.60. The van der Waals surface area contributed by atoms with Crippen LogP contribution >= 0.6 is 0 Å². The first-order chi connectivity index (χ1) is 14.3. The molecule has 2 aromatic heterocycles. The number of rotatable bonds is 6. The molecule has 0 saturated carbocycles. The number of hydrogen-bond acceptors (Lipinski definition) is 7. The van der Waals surface area contributed by atoms with Crippen LogP contribution in [0, 0.1) is 0 Å². The zero-order chi connectivity index (χ0) is 19.6. The summed E-state index contributed by atoms with van der Waals surface area (Å²) in [5, 5.41) is 12.0. The Kier molecular flexibility index (Phi) is 4.36. The molecule has 1 aliphatic rings. The van der Waals surface area contributed by atoms with Gasteiger partial charge in [-0.25, -0.2) is 4.68 Å². The maximum absolute atomic E-state index is 5.48. The lowest BCUT2D eigenvalue weighted by Gasteiger charge is -2.11. The Hall–Kier alpha value is -3.81. The lowest BCUT2D eigenvalue weighted by Crippen LogP contribution is -2.08. The second-order valence-corrected chi connectivity index (χ2v) is 6.64. The molecule has 0 unspecified atom stereocenters. The average molecular weight is 388 g/mol. The van der Waals surface area contributed by atoms with Gasteiger partial charge in [0.05, 0.1) is 17.3 Å². The van der Waals surface area contributed by atoms with Crippen LogP contribution in [0.2, 0.25) is 0 Å². The van der Waals surface area contributed by atoms with Crippen LogP contribution in [-0.4, -0.2) is 33.1 Å². The summed E-state index contributed by atoms with van der Waals surface area (Å²) in [4.78, 5) is 9.38. The maximum atomic E-state index is 5.48. The minimum Gasteiger partial charge on any atom is -0.454 e. The fourth-order valence-electron chi connectivity index (χ4n) is 3.19. The molecule has 0 atom stereocenters. The molecule has 4 aromatic rings. The molecule has 8 heteroatoms. The molecular weight excluding hydrogens is 368 g/mol. The molecule has 3 heterocycles. The summed E-state index contributed by atoms with van der Waals surface area (Å²) >= 11 is 0. The standard InChI is InChI=1S/C21H20N6O2/c1-2-10-22-21-25-19(24-14-8-9-17-18(11-14)29-13-28-17)16-12-23-27(20(16)26-21)15-6-4-3-5-7-15/h3-9,11-12H,2,10,13H2,1H3,(H2,22,24,25,26). The van der Waals surface area contributed by atoms with Crippen molar-refractivity contribution in [1.29, 1.82) is 0 Å². The van der Waals surface area contributed by atoms with Crippen LogP contribution in [0.1, 0.15) is 13.3 Å². The van der Waals surface area contributed by atoms with Gasteiger partial charge in [-0.1, -0.05) is 25.1 Å². The van der Waals surface area contributed by atoms with Crippen LogP contribution in [0.4, 0.5) is 17.5 Å². The monoisotopic (exact) mass is 388 g/mol. The first-order valence-corrected chi connectivity index (χ1v) is 9.53. The van der Waals surface area contributed by atoms with Crippen molar-refractivity contribution >= 4 is 28.5 Å². The minimum atomic E-state index is 0.242. The summed E-state index contributed by atoms with van der Waals surface area (Å²) in [5.74, 6) is 2.69. The van der Waals surface area contributed by atoms with Gasteiger partial charge in [0.15, 0.2) is 17.1 Å². The Morgan fingerprint density at radius 3 is 2.76 bits per heavy atom. The molecular formula is C21H20N6O2. The quantitative estimate of drug-likeness (QED) is 0.514. The van der Waals surface area contributed by atoms with E-state index in [9.17, 15) is 0 Å². The summed E-state index contributed by atoms with van der Waals surface area (Å²) in [6.07, 6.45) is 2.76. The topological polar surface area (TPSA) is 86.1 Å². The number of hydrogen-bond donors (Lipinski definition) is 2. The van der Waals surface area contributed by atoms with Gasteiger partial charge < -0.3 is 20.1 Å². The van der Waals surface area contributed by atoms with Gasteiger partial charge in [0, 0.05) is 18.3 Å². The molecule has 1 aliphatic heterocycles. The Labute approximate surface area is 167 Å². The van der Waals surface area contributed by atoms with Gasteiger partial charge in [-0.05, 0) is 30.7 Å². The third-order valence-electron chi connectivity index (χ3n) is 4.60. The van der Waals surface area contributed by atoms with E-state index in [0.29, 0.717) is 17.5 Å². The van der Waals surface area contributed by atoms with Crippen LogP contribution < -0.4 is 20.1 Å². The van der Waals surface area contributed by atoms with Gasteiger partial charge in [-0.15, -0.1) is 0 Å². The SMILES string of the molecule is CCCNc1nc(Nc2ccc3c(c2)OCO3)c2cnn(-c3ccccc3)c2n1. The molecule has 2 N–H and O–H groups in total. The van der Waals surface area contributed by atoms with Gasteiger partial charge >= 0.3 is 0 Å². The molecule has 0 saturated heterocycles. The molecule has 0 fully saturated rings. The molecule has 146 valence electrons. The van der Waals surface area contributed by atoms with Crippen molar-refractivity contribution in [2.24, 2.45) is 0 Å². The molecule has 0 amide bonds. The largest absolute Gasteiger partial charge is 0.454 e. The van der Waals surface area contributed by atoms with Crippen molar-refractivity contribution < 1.29 is 9.47 Å². The second kappa shape index (κ2) is 7.31. The van der Waals surface area contributed by atoms with Crippen molar-refractivity contribution in [2.75, 3.05) is 24.0 Å². The Morgan fingerprint density at radius 1 is 1.03 bits per heavy atom. The van der Waals surface area contributed by atoms with Gasteiger partial charge in [0.1, 0.15) is 5.82 Å². The number of fused-ring (bicyclic) bond motifs is 2. The van der Waals surface area contributed by atoms with Crippen molar-refractivity contribution in [3.8, 4) is 17.2 Å². The van der Waals surface area contributed by atoms with E-state index in [1.807, 2.05) is 53.2 Å². The summed E-state index contributed by atoms with van der Waals surface area (Å²) < 4.78 is 12.7. The minimum absolute atomic E-state index is 0.242. The Balaban J connectivity index is 1.59. The smallest absolute Gasteiger partial charge is 0.231 e. The molecule has 0 spiro atoms. The van der Waals surface area contributed by atoms with E-state index < -0.39 is 0 Å². The van der Waals surface area contributed by atoms with E-state index in [-0.39, 0.29) is 6.79 Å². The molecule has 2 aromatic carbocycles. The van der Waals surface area contributed by atoms with Crippen LogP contribution in [-0.2, 0) is 0 Å². The van der Waals surface area contributed by atoms with E-state index in [1.165, 1.54) is 0 Å².